The zero-order valence-corrected chi connectivity index (χ0v) is 7.15. The van der Waals surface area contributed by atoms with Crippen LogP contribution in [-0.2, 0) is 0 Å². The molecule has 0 radical (unpaired) electrons. The molecule has 0 saturated carbocycles. The second-order valence-electron chi connectivity index (χ2n) is 2.80. The van der Waals surface area contributed by atoms with Crippen molar-refractivity contribution in [2.75, 3.05) is 0 Å². The van der Waals surface area contributed by atoms with E-state index in [0.29, 0.717) is 18.6 Å². The van der Waals surface area contributed by atoms with Gasteiger partial charge in [-0.1, -0.05) is 6.92 Å². The first-order valence-corrected chi connectivity index (χ1v) is 3.96. The standard InChI is InChI=1S/C9H10F3N/c1-2-8(13)9-6(11)3-5(10)4-7(9)12/h3-4,8H,2,13H2,1H3/t8-/m0/s1. The molecule has 0 heterocycles. The van der Waals surface area contributed by atoms with E-state index in [2.05, 4.69) is 0 Å². The molecular formula is C9H10F3N. The Kier molecular flexibility index (Phi) is 2.93. The Morgan fingerprint density at radius 1 is 1.23 bits per heavy atom. The summed E-state index contributed by atoms with van der Waals surface area (Å²) in [7, 11) is 0. The summed E-state index contributed by atoms with van der Waals surface area (Å²) in [4.78, 5) is 0. The molecule has 72 valence electrons. The Morgan fingerprint density at radius 3 is 2.08 bits per heavy atom. The predicted octanol–water partition coefficient (Wildman–Crippen LogP) is 2.51. The van der Waals surface area contributed by atoms with Gasteiger partial charge in [0.25, 0.3) is 0 Å². The summed E-state index contributed by atoms with van der Waals surface area (Å²) < 4.78 is 38.4. The van der Waals surface area contributed by atoms with Gasteiger partial charge in [-0.2, -0.15) is 0 Å². The molecular weight excluding hydrogens is 179 g/mol. The van der Waals surface area contributed by atoms with E-state index in [9.17, 15) is 13.2 Å². The molecule has 1 aromatic rings. The van der Waals surface area contributed by atoms with Crippen LogP contribution in [0.2, 0.25) is 0 Å². The molecule has 0 aliphatic rings. The van der Waals surface area contributed by atoms with Crippen LogP contribution < -0.4 is 5.73 Å². The van der Waals surface area contributed by atoms with Crippen LogP contribution in [0.15, 0.2) is 12.1 Å². The van der Waals surface area contributed by atoms with Gasteiger partial charge in [0.15, 0.2) is 0 Å². The third-order valence-electron chi connectivity index (χ3n) is 1.85. The molecule has 0 fully saturated rings. The van der Waals surface area contributed by atoms with Gasteiger partial charge in [-0.25, -0.2) is 13.2 Å². The first-order valence-electron chi connectivity index (χ1n) is 3.96. The molecule has 4 heteroatoms. The van der Waals surface area contributed by atoms with Crippen LogP contribution in [0.3, 0.4) is 0 Å². The summed E-state index contributed by atoms with van der Waals surface area (Å²) in [5.74, 6) is -2.78. The van der Waals surface area contributed by atoms with Crippen molar-refractivity contribution in [1.82, 2.24) is 0 Å². The molecule has 0 amide bonds. The number of hydrogen-bond acceptors (Lipinski definition) is 1. The maximum Gasteiger partial charge on any atom is 0.133 e. The van der Waals surface area contributed by atoms with Gasteiger partial charge in [-0.3, -0.25) is 0 Å². The Morgan fingerprint density at radius 2 is 1.69 bits per heavy atom. The first-order chi connectivity index (χ1) is 6.06. The molecule has 0 aromatic heterocycles. The molecule has 0 unspecified atom stereocenters. The van der Waals surface area contributed by atoms with Crippen molar-refractivity contribution >= 4 is 0 Å². The van der Waals surface area contributed by atoms with E-state index in [1.807, 2.05) is 0 Å². The van der Waals surface area contributed by atoms with Crippen LogP contribution >= 0.6 is 0 Å². The second kappa shape index (κ2) is 3.79. The smallest absolute Gasteiger partial charge is 0.133 e. The van der Waals surface area contributed by atoms with Crippen molar-refractivity contribution in [3.05, 3.63) is 35.1 Å². The molecule has 0 aliphatic carbocycles. The normalized spacial score (nSPS) is 13.0. The third kappa shape index (κ3) is 2.01. The van der Waals surface area contributed by atoms with Gasteiger partial charge < -0.3 is 5.73 Å². The maximum absolute atomic E-state index is 13.0. The van der Waals surface area contributed by atoms with Gasteiger partial charge in [0, 0.05) is 23.7 Å². The highest BCUT2D eigenvalue weighted by Crippen LogP contribution is 2.22. The largest absolute Gasteiger partial charge is 0.324 e. The lowest BCUT2D eigenvalue weighted by atomic mass is 10.0. The number of benzene rings is 1. The highest BCUT2D eigenvalue weighted by atomic mass is 19.1. The topological polar surface area (TPSA) is 26.0 Å². The van der Waals surface area contributed by atoms with Crippen molar-refractivity contribution in [3.63, 3.8) is 0 Å². The predicted molar refractivity (Wildman–Crippen MR) is 43.5 cm³/mol. The Labute approximate surface area is 74.4 Å². The summed E-state index contributed by atoms with van der Waals surface area (Å²) in [5, 5.41) is 0. The monoisotopic (exact) mass is 189 g/mol. The van der Waals surface area contributed by atoms with Crippen LogP contribution in [-0.4, -0.2) is 0 Å². The Bertz CT molecular complexity index is 289. The molecule has 1 aromatic carbocycles. The zero-order chi connectivity index (χ0) is 10.0. The van der Waals surface area contributed by atoms with E-state index in [1.165, 1.54) is 0 Å². The van der Waals surface area contributed by atoms with E-state index < -0.39 is 23.5 Å². The third-order valence-corrected chi connectivity index (χ3v) is 1.85. The molecule has 1 nitrogen and oxygen atoms in total. The van der Waals surface area contributed by atoms with Gasteiger partial charge in [0.2, 0.25) is 0 Å². The highest BCUT2D eigenvalue weighted by molar-refractivity contribution is 5.23. The van der Waals surface area contributed by atoms with E-state index in [1.54, 1.807) is 6.92 Å². The van der Waals surface area contributed by atoms with E-state index in [-0.39, 0.29) is 5.56 Å². The summed E-state index contributed by atoms with van der Waals surface area (Å²) >= 11 is 0. The second-order valence-corrected chi connectivity index (χ2v) is 2.80. The van der Waals surface area contributed by atoms with Crippen molar-refractivity contribution in [2.24, 2.45) is 5.73 Å². The lowest BCUT2D eigenvalue weighted by Crippen LogP contribution is -2.13. The summed E-state index contributed by atoms with van der Waals surface area (Å²) in [6.45, 7) is 1.70. The van der Waals surface area contributed by atoms with E-state index >= 15 is 0 Å². The maximum atomic E-state index is 13.0. The van der Waals surface area contributed by atoms with Gasteiger partial charge in [0.05, 0.1) is 0 Å². The lowest BCUT2D eigenvalue weighted by Gasteiger charge is -2.11. The number of hydrogen-bond donors (Lipinski definition) is 1. The van der Waals surface area contributed by atoms with E-state index in [0.717, 1.165) is 0 Å². The number of halogens is 3. The Balaban J connectivity index is 3.20. The average molecular weight is 189 g/mol. The SMILES string of the molecule is CC[C@H](N)c1c(F)cc(F)cc1F. The minimum atomic E-state index is -0.929. The van der Waals surface area contributed by atoms with Crippen molar-refractivity contribution in [2.45, 2.75) is 19.4 Å². The highest BCUT2D eigenvalue weighted by Gasteiger charge is 2.16. The van der Waals surface area contributed by atoms with Gasteiger partial charge in [-0.15, -0.1) is 0 Å². The van der Waals surface area contributed by atoms with E-state index in [4.69, 9.17) is 5.73 Å². The molecule has 1 rings (SSSR count). The molecule has 2 N–H and O–H groups in total. The lowest BCUT2D eigenvalue weighted by molar-refractivity contribution is 0.499. The van der Waals surface area contributed by atoms with Crippen LogP contribution in [0.5, 0.6) is 0 Å². The number of rotatable bonds is 2. The molecule has 0 spiro atoms. The minimum Gasteiger partial charge on any atom is -0.324 e. The summed E-state index contributed by atoms with van der Waals surface area (Å²) in [6.07, 6.45) is 0.402. The fourth-order valence-electron chi connectivity index (χ4n) is 1.11. The minimum absolute atomic E-state index is 0.246. The molecule has 13 heavy (non-hydrogen) atoms. The quantitative estimate of drug-likeness (QED) is 0.760. The van der Waals surface area contributed by atoms with Crippen LogP contribution in [0.4, 0.5) is 13.2 Å². The first kappa shape index (κ1) is 10.1. The van der Waals surface area contributed by atoms with Crippen LogP contribution in [0, 0.1) is 17.5 Å². The summed E-state index contributed by atoms with van der Waals surface area (Å²) in [5.41, 5.74) is 5.20. The average Bonchev–Trinajstić information content (AvgIpc) is 2.02. The van der Waals surface area contributed by atoms with Gasteiger partial charge in [0.1, 0.15) is 17.5 Å². The van der Waals surface area contributed by atoms with Crippen LogP contribution in [0.25, 0.3) is 0 Å². The molecule has 0 bridgehead atoms. The molecule has 0 aliphatic heterocycles. The summed E-state index contributed by atoms with van der Waals surface area (Å²) in [6, 6.07) is 0.544. The van der Waals surface area contributed by atoms with Crippen molar-refractivity contribution < 1.29 is 13.2 Å². The fraction of sp³-hybridized carbons (Fsp3) is 0.333. The molecule has 1 atom stereocenters. The fourth-order valence-corrected chi connectivity index (χ4v) is 1.11. The van der Waals surface area contributed by atoms with Crippen molar-refractivity contribution in [3.8, 4) is 0 Å². The van der Waals surface area contributed by atoms with Gasteiger partial charge >= 0.3 is 0 Å². The molecule has 0 saturated heterocycles. The number of nitrogens with two attached hydrogens (primary N) is 1. The van der Waals surface area contributed by atoms with Gasteiger partial charge in [-0.05, 0) is 6.42 Å². The zero-order valence-electron chi connectivity index (χ0n) is 7.15. The Hall–Kier alpha value is -1.03. The van der Waals surface area contributed by atoms with Crippen molar-refractivity contribution in [1.29, 1.82) is 0 Å². The van der Waals surface area contributed by atoms with Crippen LogP contribution in [0.1, 0.15) is 24.9 Å².